The van der Waals surface area contributed by atoms with E-state index < -0.39 is 22.5 Å². The minimum Gasteiger partial charge on any atom is -0.465 e. The van der Waals surface area contributed by atoms with E-state index in [-0.39, 0.29) is 11.1 Å². The molecule has 1 aromatic carbocycles. The van der Waals surface area contributed by atoms with E-state index in [1.165, 1.54) is 0 Å². The van der Waals surface area contributed by atoms with Crippen LogP contribution in [0.25, 0.3) is 0 Å². The fourth-order valence-electron chi connectivity index (χ4n) is 1.94. The standard InChI is InChI=1S/C20H33NO3Si2/c1-20(2,3)26(7,8)24-15-18(21-19(22)23)17-11-9-16(10-12-17)13-14-25(4,5)6/h9-12,18,21H,15H2,1-8H3,(H,22,23)/t18-/m0/s1. The van der Waals surface area contributed by atoms with Crippen molar-refractivity contribution in [1.82, 2.24) is 5.32 Å². The molecule has 0 spiro atoms. The van der Waals surface area contributed by atoms with E-state index in [1.807, 2.05) is 24.3 Å². The van der Waals surface area contributed by atoms with E-state index in [4.69, 9.17) is 4.43 Å². The minimum atomic E-state index is -1.95. The van der Waals surface area contributed by atoms with Crippen molar-refractivity contribution in [1.29, 1.82) is 0 Å². The minimum absolute atomic E-state index is 0.0804. The van der Waals surface area contributed by atoms with Crippen LogP contribution in [0.15, 0.2) is 24.3 Å². The molecule has 0 heterocycles. The third kappa shape index (κ3) is 7.36. The molecule has 1 atom stereocenters. The van der Waals surface area contributed by atoms with Gasteiger partial charge in [-0.2, -0.15) is 0 Å². The van der Waals surface area contributed by atoms with Crippen molar-refractivity contribution in [3.63, 3.8) is 0 Å². The van der Waals surface area contributed by atoms with E-state index in [0.717, 1.165) is 11.1 Å². The molecule has 1 aromatic rings. The molecule has 0 aromatic heterocycles. The molecular formula is C20H33NO3Si2. The van der Waals surface area contributed by atoms with Crippen LogP contribution in [0.4, 0.5) is 4.79 Å². The van der Waals surface area contributed by atoms with Gasteiger partial charge in [0.2, 0.25) is 0 Å². The molecule has 1 rings (SSSR count). The van der Waals surface area contributed by atoms with E-state index in [2.05, 4.69) is 70.3 Å². The highest BCUT2D eigenvalue weighted by Gasteiger charge is 2.37. The molecule has 0 unspecified atom stereocenters. The van der Waals surface area contributed by atoms with Gasteiger partial charge in [-0.05, 0) is 35.8 Å². The molecule has 0 aliphatic rings. The molecule has 144 valence electrons. The van der Waals surface area contributed by atoms with Gasteiger partial charge in [0.25, 0.3) is 0 Å². The second kappa shape index (κ2) is 8.42. The molecule has 0 fully saturated rings. The molecule has 0 radical (unpaired) electrons. The van der Waals surface area contributed by atoms with Gasteiger partial charge in [0.1, 0.15) is 8.07 Å². The highest BCUT2D eigenvalue weighted by molar-refractivity contribution is 6.83. The van der Waals surface area contributed by atoms with Crippen molar-refractivity contribution in [3.8, 4) is 11.5 Å². The monoisotopic (exact) mass is 391 g/mol. The van der Waals surface area contributed by atoms with Crippen LogP contribution in [0.5, 0.6) is 0 Å². The van der Waals surface area contributed by atoms with Crippen LogP contribution in [0, 0.1) is 11.5 Å². The highest BCUT2D eigenvalue weighted by Crippen LogP contribution is 2.37. The Morgan fingerprint density at radius 1 is 1.15 bits per heavy atom. The number of carboxylic acid groups (broad SMARTS) is 1. The van der Waals surface area contributed by atoms with Crippen LogP contribution < -0.4 is 5.32 Å². The van der Waals surface area contributed by atoms with Crippen molar-refractivity contribution in [2.75, 3.05) is 6.61 Å². The van der Waals surface area contributed by atoms with Crippen LogP contribution in [0.2, 0.25) is 37.8 Å². The number of hydrogen-bond donors (Lipinski definition) is 2. The number of nitrogens with one attached hydrogen (secondary N) is 1. The van der Waals surface area contributed by atoms with Crippen LogP contribution in [0.1, 0.15) is 37.9 Å². The summed E-state index contributed by atoms with van der Waals surface area (Å²) in [5, 5.41) is 11.9. The van der Waals surface area contributed by atoms with Crippen molar-refractivity contribution in [2.45, 2.75) is 64.6 Å². The molecule has 0 aliphatic heterocycles. The fourth-order valence-corrected chi connectivity index (χ4v) is 3.47. The molecule has 1 amide bonds. The van der Waals surface area contributed by atoms with Crippen molar-refractivity contribution < 1.29 is 14.3 Å². The first-order chi connectivity index (χ1) is 11.7. The van der Waals surface area contributed by atoms with Gasteiger partial charge < -0.3 is 14.8 Å². The topological polar surface area (TPSA) is 58.6 Å². The lowest BCUT2D eigenvalue weighted by Gasteiger charge is -2.37. The number of hydrogen-bond acceptors (Lipinski definition) is 2. The molecule has 26 heavy (non-hydrogen) atoms. The largest absolute Gasteiger partial charge is 0.465 e. The van der Waals surface area contributed by atoms with Gasteiger partial charge in [0.15, 0.2) is 8.32 Å². The summed E-state index contributed by atoms with van der Waals surface area (Å²) in [5.74, 6) is 3.22. The molecular weight excluding hydrogens is 358 g/mol. The predicted octanol–water partition coefficient (Wildman–Crippen LogP) is 5.25. The lowest BCUT2D eigenvalue weighted by atomic mass is 10.1. The molecule has 4 nitrogen and oxygen atoms in total. The van der Waals surface area contributed by atoms with E-state index >= 15 is 0 Å². The fraction of sp³-hybridized carbons (Fsp3) is 0.550. The Labute approximate surface area is 160 Å². The maximum absolute atomic E-state index is 11.2. The highest BCUT2D eigenvalue weighted by atomic mass is 28.4. The Balaban J connectivity index is 2.96. The van der Waals surface area contributed by atoms with Crippen molar-refractivity contribution in [2.24, 2.45) is 0 Å². The van der Waals surface area contributed by atoms with E-state index in [1.54, 1.807) is 0 Å². The number of carbonyl (C=O) groups is 1. The number of amides is 1. The average Bonchev–Trinajstić information content (AvgIpc) is 2.48. The van der Waals surface area contributed by atoms with Crippen molar-refractivity contribution >= 4 is 22.5 Å². The lowest BCUT2D eigenvalue weighted by Crippen LogP contribution is -2.43. The number of benzene rings is 1. The smallest absolute Gasteiger partial charge is 0.405 e. The van der Waals surface area contributed by atoms with E-state index in [0.29, 0.717) is 6.61 Å². The summed E-state index contributed by atoms with van der Waals surface area (Å²) in [6.07, 6.45) is -1.04. The zero-order valence-corrected chi connectivity index (χ0v) is 19.4. The zero-order valence-electron chi connectivity index (χ0n) is 17.4. The summed E-state index contributed by atoms with van der Waals surface area (Å²) >= 11 is 0. The Morgan fingerprint density at radius 3 is 2.12 bits per heavy atom. The van der Waals surface area contributed by atoms with Crippen LogP contribution in [0.3, 0.4) is 0 Å². The first-order valence-corrected chi connectivity index (χ1v) is 15.4. The van der Waals surface area contributed by atoms with Gasteiger partial charge in [-0.3, -0.25) is 0 Å². The molecule has 0 saturated heterocycles. The first-order valence-electron chi connectivity index (χ1n) is 8.98. The summed E-state index contributed by atoms with van der Waals surface area (Å²) in [4.78, 5) is 11.2. The van der Waals surface area contributed by atoms with Gasteiger partial charge >= 0.3 is 6.09 Å². The second-order valence-corrected chi connectivity index (χ2v) is 18.8. The zero-order chi connectivity index (χ0) is 20.2. The maximum atomic E-state index is 11.2. The predicted molar refractivity (Wildman–Crippen MR) is 114 cm³/mol. The molecule has 0 bridgehead atoms. The summed E-state index contributed by atoms with van der Waals surface area (Å²) in [6, 6.07) is 7.38. The van der Waals surface area contributed by atoms with Crippen molar-refractivity contribution in [3.05, 3.63) is 35.4 Å². The van der Waals surface area contributed by atoms with E-state index in [9.17, 15) is 9.90 Å². The molecule has 0 saturated carbocycles. The maximum Gasteiger partial charge on any atom is 0.405 e. The third-order valence-electron chi connectivity index (χ3n) is 4.61. The second-order valence-electron chi connectivity index (χ2n) is 9.20. The van der Waals surface area contributed by atoms with Gasteiger partial charge in [-0.15, -0.1) is 5.54 Å². The van der Waals surface area contributed by atoms with Crippen LogP contribution >= 0.6 is 0 Å². The quantitative estimate of drug-likeness (QED) is 0.532. The SMILES string of the molecule is CC(C)(C)[Si](C)(C)OC[C@H](NC(=O)O)c1ccc(C#C[Si](C)(C)C)cc1. The Morgan fingerprint density at radius 2 is 1.69 bits per heavy atom. The third-order valence-corrected chi connectivity index (χ3v) is 9.99. The van der Waals surface area contributed by atoms with Gasteiger partial charge in [-0.1, -0.05) is 58.5 Å². The molecule has 2 N–H and O–H groups in total. The van der Waals surface area contributed by atoms with Crippen LogP contribution in [-0.2, 0) is 4.43 Å². The lowest BCUT2D eigenvalue weighted by molar-refractivity contribution is 0.178. The summed E-state index contributed by atoms with van der Waals surface area (Å²) in [6.45, 7) is 17.8. The Hall–Kier alpha value is -1.56. The molecule has 0 aliphatic carbocycles. The average molecular weight is 392 g/mol. The number of rotatable bonds is 5. The first kappa shape index (κ1) is 22.5. The Bertz CT molecular complexity index is 674. The summed E-state index contributed by atoms with van der Waals surface area (Å²) in [7, 11) is -3.36. The molecule has 6 heteroatoms. The summed E-state index contributed by atoms with van der Waals surface area (Å²) < 4.78 is 6.22. The van der Waals surface area contributed by atoms with Gasteiger partial charge in [0, 0.05) is 5.56 Å². The van der Waals surface area contributed by atoms with Gasteiger partial charge in [0.05, 0.1) is 12.6 Å². The van der Waals surface area contributed by atoms with Crippen LogP contribution in [-0.4, -0.2) is 34.2 Å². The summed E-state index contributed by atoms with van der Waals surface area (Å²) in [5.41, 5.74) is 5.19. The van der Waals surface area contributed by atoms with Gasteiger partial charge in [-0.25, -0.2) is 4.79 Å². The Kier molecular flexibility index (Phi) is 7.28. The normalized spacial score (nSPS) is 13.5.